The van der Waals surface area contributed by atoms with Crippen LogP contribution in [0.4, 0.5) is 0 Å². The summed E-state index contributed by atoms with van der Waals surface area (Å²) in [6.07, 6.45) is 0.0246. The number of allylic oxidation sites excluding steroid dienone is 2. The minimum Gasteiger partial charge on any atom is -0.383 e. The van der Waals surface area contributed by atoms with E-state index in [0.29, 0.717) is 12.8 Å². The van der Waals surface area contributed by atoms with Crippen molar-refractivity contribution in [2.45, 2.75) is 43.5 Å². The Morgan fingerprint density at radius 2 is 1.49 bits per heavy atom. The molecule has 204 valence electrons. The molecule has 0 aromatic heterocycles. The largest absolute Gasteiger partial charge is 0.383 e. The van der Waals surface area contributed by atoms with Gasteiger partial charge in [0.05, 0.1) is 16.7 Å². The second-order valence-corrected chi connectivity index (χ2v) is 12.6. The van der Waals surface area contributed by atoms with Gasteiger partial charge in [0.15, 0.2) is 5.78 Å². The molecule has 4 unspecified atom stereocenters. The molecule has 0 spiro atoms. The number of ketones is 1. The van der Waals surface area contributed by atoms with Gasteiger partial charge in [0.1, 0.15) is 10.4 Å². The van der Waals surface area contributed by atoms with E-state index in [1.54, 1.807) is 21.0 Å². The first-order valence-corrected chi connectivity index (χ1v) is 14.1. The highest BCUT2D eigenvalue weighted by atomic mass is 79.9. The number of Topliss-reactive ketones (excluding diaryl/α,β-unsaturated/α-hetero) is 1. The van der Waals surface area contributed by atoms with Crippen LogP contribution in [0.1, 0.15) is 44.2 Å². The first-order valence-electron chi connectivity index (χ1n) is 13.3. The number of carbonyl (C=O) groups excluding carboxylic acids is 4. The standard InChI is InChI=1S/C31H33BrN2O5/c1-29-22(19-13-7-5-8-14-19)23(20-15-9-6-10-16-20)30(2,27(29)38)31(32)24(29)26(37)34(28(31)39)18-12-11-17-21(35)25(36)33(3)4/h5-10,13-16,21,24,35H,11-12,17-18H2,1-4H3/t21-,24?,29?,30?,31?/m0/s1. The van der Waals surface area contributed by atoms with Crippen molar-refractivity contribution in [2.24, 2.45) is 16.7 Å². The Labute approximate surface area is 237 Å². The summed E-state index contributed by atoms with van der Waals surface area (Å²) < 4.78 is -1.41. The summed E-state index contributed by atoms with van der Waals surface area (Å²) in [6.45, 7) is 3.78. The summed E-state index contributed by atoms with van der Waals surface area (Å²) in [6, 6.07) is 19.3. The van der Waals surface area contributed by atoms with Crippen LogP contribution in [0.15, 0.2) is 60.7 Å². The molecule has 2 aromatic rings. The van der Waals surface area contributed by atoms with Crippen LogP contribution in [0, 0.1) is 16.7 Å². The number of nitrogens with zero attached hydrogens (tertiary/aromatic N) is 2. The van der Waals surface area contributed by atoms with E-state index in [1.807, 2.05) is 67.6 Å². The van der Waals surface area contributed by atoms with Gasteiger partial charge in [-0.05, 0) is 55.4 Å². The lowest BCUT2D eigenvalue weighted by Gasteiger charge is -2.41. The monoisotopic (exact) mass is 592 g/mol. The number of rotatable bonds is 8. The van der Waals surface area contributed by atoms with Gasteiger partial charge >= 0.3 is 0 Å². The third-order valence-electron chi connectivity index (χ3n) is 8.93. The second kappa shape index (κ2) is 9.52. The number of fused-ring (bicyclic) bond motifs is 5. The van der Waals surface area contributed by atoms with Gasteiger partial charge in [-0.2, -0.15) is 0 Å². The predicted molar refractivity (Wildman–Crippen MR) is 151 cm³/mol. The van der Waals surface area contributed by atoms with E-state index >= 15 is 0 Å². The number of hydrogen-bond donors (Lipinski definition) is 1. The van der Waals surface area contributed by atoms with Crippen LogP contribution < -0.4 is 0 Å². The number of alkyl halides is 1. The highest BCUT2D eigenvalue weighted by Crippen LogP contribution is 2.77. The number of likely N-dealkylation sites (N-methyl/N-ethyl adjacent to an activating group) is 1. The molecular weight excluding hydrogens is 560 g/mol. The number of benzene rings is 2. The average molecular weight is 594 g/mol. The number of hydrogen-bond acceptors (Lipinski definition) is 5. The van der Waals surface area contributed by atoms with Crippen molar-refractivity contribution in [3.05, 3.63) is 71.8 Å². The van der Waals surface area contributed by atoms with Gasteiger partial charge in [-0.1, -0.05) is 76.6 Å². The van der Waals surface area contributed by atoms with Crippen molar-refractivity contribution in [3.8, 4) is 0 Å². The Hall–Kier alpha value is -3.10. The lowest BCUT2D eigenvalue weighted by Crippen LogP contribution is -2.50. The molecule has 1 aliphatic heterocycles. The Morgan fingerprint density at radius 3 is 2.03 bits per heavy atom. The van der Waals surface area contributed by atoms with E-state index in [-0.39, 0.29) is 30.6 Å². The number of imide groups is 1. The molecule has 2 fully saturated rings. The fourth-order valence-electron chi connectivity index (χ4n) is 7.10. The maximum Gasteiger partial charge on any atom is 0.250 e. The summed E-state index contributed by atoms with van der Waals surface area (Å²) in [5.74, 6) is -2.15. The van der Waals surface area contributed by atoms with Crippen LogP contribution in [0.3, 0.4) is 0 Å². The number of halogens is 1. The van der Waals surface area contributed by atoms with Gasteiger partial charge < -0.3 is 10.0 Å². The van der Waals surface area contributed by atoms with Crippen molar-refractivity contribution in [3.63, 3.8) is 0 Å². The zero-order chi connectivity index (χ0) is 28.3. The molecule has 1 heterocycles. The Balaban J connectivity index is 1.53. The number of aliphatic hydroxyl groups is 1. The molecule has 39 heavy (non-hydrogen) atoms. The van der Waals surface area contributed by atoms with E-state index in [2.05, 4.69) is 15.9 Å². The van der Waals surface area contributed by atoms with E-state index in [1.165, 1.54) is 9.80 Å². The maximum absolute atomic E-state index is 14.4. The highest BCUT2D eigenvalue weighted by molar-refractivity contribution is 9.10. The van der Waals surface area contributed by atoms with Gasteiger partial charge in [-0.15, -0.1) is 0 Å². The summed E-state index contributed by atoms with van der Waals surface area (Å²) in [5.41, 5.74) is 0.823. The van der Waals surface area contributed by atoms with Crippen LogP contribution in [0.25, 0.3) is 11.1 Å². The first-order chi connectivity index (χ1) is 18.4. The van der Waals surface area contributed by atoms with Crippen molar-refractivity contribution in [1.29, 1.82) is 0 Å². The fraction of sp³-hybridized carbons (Fsp3) is 0.419. The molecular formula is C31H33BrN2O5. The number of unbranched alkanes of at least 4 members (excludes halogenated alkanes) is 1. The molecule has 0 radical (unpaired) electrons. The van der Waals surface area contributed by atoms with Crippen molar-refractivity contribution in [2.75, 3.05) is 20.6 Å². The van der Waals surface area contributed by atoms with Crippen molar-refractivity contribution in [1.82, 2.24) is 9.80 Å². The molecule has 8 heteroatoms. The molecule has 2 bridgehead atoms. The smallest absolute Gasteiger partial charge is 0.250 e. The molecule has 2 aliphatic carbocycles. The Morgan fingerprint density at radius 1 is 0.949 bits per heavy atom. The molecule has 1 saturated heterocycles. The van der Waals surface area contributed by atoms with Gasteiger partial charge in [-0.3, -0.25) is 24.1 Å². The van der Waals surface area contributed by atoms with Gasteiger partial charge in [0.25, 0.3) is 5.91 Å². The zero-order valence-electron chi connectivity index (χ0n) is 22.6. The van der Waals surface area contributed by atoms with Crippen LogP contribution >= 0.6 is 15.9 Å². The maximum atomic E-state index is 14.4. The van der Waals surface area contributed by atoms with E-state index in [9.17, 15) is 24.3 Å². The average Bonchev–Trinajstić information content (AvgIpc) is 3.31. The summed E-state index contributed by atoms with van der Waals surface area (Å²) in [4.78, 5) is 57.1. The molecule has 2 aromatic carbocycles. The molecule has 5 rings (SSSR count). The van der Waals surface area contributed by atoms with Crippen LogP contribution in [0.5, 0.6) is 0 Å². The molecule has 1 saturated carbocycles. The summed E-state index contributed by atoms with van der Waals surface area (Å²) in [7, 11) is 3.17. The van der Waals surface area contributed by atoms with E-state index in [0.717, 1.165) is 22.3 Å². The lowest BCUT2D eigenvalue weighted by molar-refractivity contribution is -0.144. The number of amides is 3. The normalized spacial score (nSPS) is 30.3. The minimum atomic E-state index is -1.41. The van der Waals surface area contributed by atoms with Crippen LogP contribution in [-0.2, 0) is 19.2 Å². The summed E-state index contributed by atoms with van der Waals surface area (Å²) in [5, 5.41) is 10.1. The summed E-state index contributed by atoms with van der Waals surface area (Å²) >= 11 is 3.76. The molecule has 1 N–H and O–H groups in total. The number of aliphatic hydroxyl groups excluding tert-OH is 1. The Kier molecular flexibility index (Phi) is 6.71. The zero-order valence-corrected chi connectivity index (χ0v) is 24.2. The molecule has 7 nitrogen and oxygen atoms in total. The molecule has 3 amide bonds. The second-order valence-electron chi connectivity index (χ2n) is 11.3. The SMILES string of the molecule is CN(C)C(=O)[C@@H](O)CCCCN1C(=O)C2C3(C)C(=O)C(C)(C(c4ccccc4)=C3c3ccccc3)C2(Br)C1=O. The third kappa shape index (κ3) is 3.57. The quantitative estimate of drug-likeness (QED) is 0.284. The highest BCUT2D eigenvalue weighted by Gasteiger charge is 2.85. The van der Waals surface area contributed by atoms with Gasteiger partial charge in [0.2, 0.25) is 11.8 Å². The number of carbonyl (C=O) groups is 4. The third-order valence-corrected chi connectivity index (χ3v) is 10.5. The Bertz CT molecular complexity index is 1390. The van der Waals surface area contributed by atoms with E-state index in [4.69, 9.17) is 0 Å². The molecule has 3 aliphatic rings. The lowest BCUT2D eigenvalue weighted by atomic mass is 9.63. The topological polar surface area (TPSA) is 95.0 Å². The van der Waals surface area contributed by atoms with Gasteiger partial charge in [0, 0.05) is 20.6 Å². The predicted octanol–water partition coefficient (Wildman–Crippen LogP) is 3.94. The molecule has 5 atom stereocenters. The fourth-order valence-corrected chi connectivity index (χ4v) is 8.35. The van der Waals surface area contributed by atoms with Crippen molar-refractivity contribution < 1.29 is 24.3 Å². The first kappa shape index (κ1) is 27.5. The van der Waals surface area contributed by atoms with E-state index < -0.39 is 33.1 Å². The number of likely N-dealkylation sites (tertiary alicyclic amines) is 1. The van der Waals surface area contributed by atoms with Gasteiger partial charge in [-0.25, -0.2) is 0 Å². The van der Waals surface area contributed by atoms with Crippen LogP contribution in [0.2, 0.25) is 0 Å². The van der Waals surface area contributed by atoms with Crippen LogP contribution in [-0.4, -0.2) is 69.5 Å². The minimum absolute atomic E-state index is 0.124. The van der Waals surface area contributed by atoms with Crippen molar-refractivity contribution >= 4 is 50.6 Å².